The summed E-state index contributed by atoms with van der Waals surface area (Å²) in [7, 11) is 0. The molecule has 0 fully saturated rings. The van der Waals surface area contributed by atoms with E-state index in [2.05, 4.69) is 4.99 Å². The Labute approximate surface area is 149 Å². The van der Waals surface area contributed by atoms with Crippen molar-refractivity contribution in [1.82, 2.24) is 0 Å². The number of aliphatic hydroxyl groups excluding tert-OH is 1. The number of carbonyl (C=O) groups excluding carboxylic acids is 1. The molecule has 4 nitrogen and oxygen atoms in total. The first-order chi connectivity index (χ1) is 12.2. The van der Waals surface area contributed by atoms with Crippen molar-refractivity contribution in [2.24, 2.45) is 4.99 Å². The first-order valence-corrected chi connectivity index (χ1v) is 8.87. The van der Waals surface area contributed by atoms with Crippen LogP contribution >= 0.6 is 11.8 Å². The van der Waals surface area contributed by atoms with E-state index in [-0.39, 0.29) is 18.3 Å². The first-order valence-electron chi connectivity index (χ1n) is 7.88. The van der Waals surface area contributed by atoms with E-state index in [0.717, 1.165) is 5.56 Å². The van der Waals surface area contributed by atoms with E-state index in [4.69, 9.17) is 5.11 Å². The second-order valence-electron chi connectivity index (χ2n) is 5.38. The zero-order valence-corrected chi connectivity index (χ0v) is 14.2. The zero-order chi connectivity index (χ0) is 17.6. The number of rotatable bonds is 5. The Morgan fingerprint density at radius 1 is 1.12 bits per heavy atom. The van der Waals surface area contributed by atoms with Crippen LogP contribution in [-0.2, 0) is 4.79 Å². The molecule has 25 heavy (non-hydrogen) atoms. The average Bonchev–Trinajstić information content (AvgIpc) is 2.93. The van der Waals surface area contributed by atoms with Crippen LogP contribution in [0.2, 0.25) is 0 Å². The number of carbonyl (C=O) groups is 1. The molecule has 3 rings (SSSR count). The molecule has 0 aliphatic carbocycles. The summed E-state index contributed by atoms with van der Waals surface area (Å²) >= 11 is 1.39. The number of aliphatic hydroxyl groups is 1. The normalized spacial score (nSPS) is 15.8. The van der Waals surface area contributed by atoms with Crippen LogP contribution in [0.4, 0.5) is 10.1 Å². The number of anilines is 1. The molecule has 128 valence electrons. The summed E-state index contributed by atoms with van der Waals surface area (Å²) in [5, 5.41) is 9.50. The summed E-state index contributed by atoms with van der Waals surface area (Å²) in [6.07, 6.45) is 2.34. The smallest absolute Gasteiger partial charge is 0.283 e. The molecule has 0 bridgehead atoms. The molecule has 0 unspecified atom stereocenters. The highest BCUT2D eigenvalue weighted by molar-refractivity contribution is 8.14. The molecular formula is C19H17FN2O2S. The highest BCUT2D eigenvalue weighted by atomic mass is 32.2. The molecule has 6 heteroatoms. The first kappa shape index (κ1) is 17.4. The number of benzene rings is 2. The van der Waals surface area contributed by atoms with E-state index in [1.165, 1.54) is 28.8 Å². The van der Waals surface area contributed by atoms with E-state index in [0.29, 0.717) is 28.7 Å². The fourth-order valence-electron chi connectivity index (χ4n) is 2.35. The molecule has 1 N–H and O–H groups in total. The third kappa shape index (κ3) is 4.15. The van der Waals surface area contributed by atoms with Crippen molar-refractivity contribution >= 4 is 34.6 Å². The Hall–Kier alpha value is -2.44. The zero-order valence-electron chi connectivity index (χ0n) is 13.4. The molecule has 0 aromatic heterocycles. The maximum atomic E-state index is 13.2. The number of hydrogen-bond donors (Lipinski definition) is 1. The van der Waals surface area contributed by atoms with Gasteiger partial charge in [-0.25, -0.2) is 9.38 Å². The van der Waals surface area contributed by atoms with Crippen LogP contribution in [0, 0.1) is 5.82 Å². The standard InChI is InChI=1S/C19H17FN2O2S/c20-15-7-9-16(10-8-15)22-18(24)17(13-14-5-2-1-3-6-14)21-19(22)25-12-4-11-23/h1-3,5-10,13,23H,4,11-12H2. The third-order valence-electron chi connectivity index (χ3n) is 3.55. The molecular weight excluding hydrogens is 339 g/mol. The van der Waals surface area contributed by atoms with Crippen LogP contribution in [0.25, 0.3) is 6.08 Å². The third-order valence-corrected chi connectivity index (χ3v) is 4.58. The van der Waals surface area contributed by atoms with Gasteiger partial charge in [0, 0.05) is 12.4 Å². The maximum absolute atomic E-state index is 13.2. The van der Waals surface area contributed by atoms with E-state index < -0.39 is 0 Å². The minimum absolute atomic E-state index is 0.0808. The van der Waals surface area contributed by atoms with Gasteiger partial charge in [0.05, 0.1) is 5.69 Å². The van der Waals surface area contributed by atoms with Crippen LogP contribution in [0.1, 0.15) is 12.0 Å². The molecule has 1 amide bonds. The number of hydrogen-bond acceptors (Lipinski definition) is 4. The molecule has 2 aromatic carbocycles. The lowest BCUT2D eigenvalue weighted by Gasteiger charge is -2.17. The molecule has 0 saturated heterocycles. The number of amides is 1. The lowest BCUT2D eigenvalue weighted by Crippen LogP contribution is -2.30. The van der Waals surface area contributed by atoms with Crippen molar-refractivity contribution in [3.8, 4) is 0 Å². The Balaban J connectivity index is 1.92. The van der Waals surface area contributed by atoms with E-state index in [9.17, 15) is 9.18 Å². The summed E-state index contributed by atoms with van der Waals surface area (Å²) in [5.41, 5.74) is 1.79. The molecule has 1 heterocycles. The van der Waals surface area contributed by atoms with Gasteiger partial charge in [0.2, 0.25) is 0 Å². The molecule has 1 aliphatic heterocycles. The van der Waals surface area contributed by atoms with Gasteiger partial charge in [-0.3, -0.25) is 9.69 Å². The lowest BCUT2D eigenvalue weighted by molar-refractivity contribution is -0.113. The average molecular weight is 356 g/mol. The van der Waals surface area contributed by atoms with Crippen LogP contribution in [0.5, 0.6) is 0 Å². The second kappa shape index (κ2) is 8.09. The predicted octanol–water partition coefficient (Wildman–Crippen LogP) is 3.69. The van der Waals surface area contributed by atoms with Crippen LogP contribution in [0.3, 0.4) is 0 Å². The largest absolute Gasteiger partial charge is 0.396 e. The minimum atomic E-state index is -0.359. The van der Waals surface area contributed by atoms with Crippen molar-refractivity contribution in [3.63, 3.8) is 0 Å². The SMILES string of the molecule is O=C1C(=Cc2ccccc2)N=C(SCCCO)N1c1ccc(F)cc1. The molecule has 0 spiro atoms. The highest BCUT2D eigenvalue weighted by Crippen LogP contribution is 2.29. The van der Waals surface area contributed by atoms with Gasteiger partial charge in [-0.1, -0.05) is 42.1 Å². The van der Waals surface area contributed by atoms with Crippen molar-refractivity contribution in [1.29, 1.82) is 0 Å². The van der Waals surface area contributed by atoms with Crippen molar-refractivity contribution in [3.05, 3.63) is 71.7 Å². The monoisotopic (exact) mass is 356 g/mol. The molecule has 0 saturated carbocycles. The van der Waals surface area contributed by atoms with Gasteiger partial charge < -0.3 is 5.11 Å². The van der Waals surface area contributed by atoms with Crippen LogP contribution < -0.4 is 4.90 Å². The molecule has 1 aliphatic rings. The van der Waals surface area contributed by atoms with Crippen molar-refractivity contribution < 1.29 is 14.3 Å². The highest BCUT2D eigenvalue weighted by Gasteiger charge is 2.31. The van der Waals surface area contributed by atoms with Crippen LogP contribution in [-0.4, -0.2) is 28.5 Å². The molecule has 0 radical (unpaired) electrons. The molecule has 2 aromatic rings. The quantitative estimate of drug-likeness (QED) is 0.657. The predicted molar refractivity (Wildman–Crippen MR) is 99.9 cm³/mol. The van der Waals surface area contributed by atoms with Gasteiger partial charge in [-0.15, -0.1) is 0 Å². The van der Waals surface area contributed by atoms with E-state index >= 15 is 0 Å². The fourth-order valence-corrected chi connectivity index (χ4v) is 3.28. The molecule has 0 atom stereocenters. The number of thioether (sulfide) groups is 1. The van der Waals surface area contributed by atoms with E-state index in [1.54, 1.807) is 18.2 Å². The summed E-state index contributed by atoms with van der Waals surface area (Å²) in [6, 6.07) is 15.2. The van der Waals surface area contributed by atoms with Crippen molar-refractivity contribution in [2.45, 2.75) is 6.42 Å². The van der Waals surface area contributed by atoms with Gasteiger partial charge in [-0.05, 0) is 42.3 Å². The maximum Gasteiger partial charge on any atom is 0.283 e. The Morgan fingerprint density at radius 2 is 1.84 bits per heavy atom. The summed E-state index contributed by atoms with van der Waals surface area (Å²) < 4.78 is 13.2. The Kier molecular flexibility index (Phi) is 5.63. The van der Waals surface area contributed by atoms with E-state index in [1.807, 2.05) is 30.3 Å². The minimum Gasteiger partial charge on any atom is -0.396 e. The van der Waals surface area contributed by atoms with Gasteiger partial charge >= 0.3 is 0 Å². The van der Waals surface area contributed by atoms with Gasteiger partial charge in [-0.2, -0.15) is 0 Å². The fraction of sp³-hybridized carbons (Fsp3) is 0.158. The van der Waals surface area contributed by atoms with Gasteiger partial charge in [0.1, 0.15) is 11.5 Å². The number of aliphatic imine (C=N–C) groups is 1. The van der Waals surface area contributed by atoms with Gasteiger partial charge in [0.25, 0.3) is 5.91 Å². The second-order valence-corrected chi connectivity index (χ2v) is 6.44. The number of nitrogens with zero attached hydrogens (tertiary/aromatic N) is 2. The van der Waals surface area contributed by atoms with Gasteiger partial charge in [0.15, 0.2) is 5.17 Å². The summed E-state index contributed by atoms with van der Waals surface area (Å²) in [4.78, 5) is 18.8. The summed E-state index contributed by atoms with van der Waals surface area (Å²) in [6.45, 7) is 0.0808. The summed E-state index contributed by atoms with van der Waals surface area (Å²) in [5.74, 6) is 0.0303. The number of halogens is 1. The number of amidine groups is 1. The van der Waals surface area contributed by atoms with Crippen molar-refractivity contribution in [2.75, 3.05) is 17.3 Å². The lowest BCUT2D eigenvalue weighted by atomic mass is 10.2. The Bertz CT molecular complexity index is 804. The Morgan fingerprint density at radius 3 is 2.52 bits per heavy atom. The van der Waals surface area contributed by atoms with Crippen LogP contribution in [0.15, 0.2) is 65.3 Å². The topological polar surface area (TPSA) is 52.9 Å².